The van der Waals surface area contributed by atoms with Crippen LogP contribution in [0.3, 0.4) is 0 Å². The van der Waals surface area contributed by atoms with Crippen LogP contribution in [-0.4, -0.2) is 23.2 Å². The van der Waals surface area contributed by atoms with Crippen LogP contribution >= 0.6 is 11.3 Å². The molecule has 12 heteroatoms. The Labute approximate surface area is 165 Å². The zero-order valence-corrected chi connectivity index (χ0v) is 15.8. The minimum Gasteiger partial charge on any atom is -0.234 e. The molecule has 0 aliphatic carbocycles. The Morgan fingerprint density at radius 2 is 1.72 bits per heavy atom. The van der Waals surface area contributed by atoms with Gasteiger partial charge in [0.15, 0.2) is 5.69 Å². The lowest BCUT2D eigenvalue weighted by atomic mass is 10.3. The fourth-order valence-corrected chi connectivity index (χ4v) is 4.16. The topological polar surface area (TPSA) is 90.9 Å². The molecule has 0 spiro atoms. The molecule has 29 heavy (non-hydrogen) atoms. The van der Waals surface area contributed by atoms with Gasteiger partial charge >= 0.3 is 6.18 Å². The molecule has 4 aromatic rings. The Kier molecular flexibility index (Phi) is 4.44. The van der Waals surface area contributed by atoms with Gasteiger partial charge in [-0.05, 0) is 48.5 Å². The zero-order chi connectivity index (χ0) is 21.0. The van der Waals surface area contributed by atoms with Crippen LogP contribution in [0.1, 0.15) is 5.69 Å². The summed E-state index contributed by atoms with van der Waals surface area (Å²) in [4.78, 5) is 4.08. The van der Waals surface area contributed by atoms with Crippen molar-refractivity contribution in [3.8, 4) is 16.4 Å². The average Bonchev–Trinajstić information content (AvgIpc) is 3.24. The first-order valence-electron chi connectivity index (χ1n) is 7.89. The summed E-state index contributed by atoms with van der Waals surface area (Å²) in [5.74, 6) is -0.490. The van der Waals surface area contributed by atoms with Gasteiger partial charge in [0.1, 0.15) is 16.5 Å². The first kappa shape index (κ1) is 19.5. The Morgan fingerprint density at radius 1 is 1.03 bits per heavy atom. The van der Waals surface area contributed by atoms with Gasteiger partial charge in [0.25, 0.3) is 0 Å². The predicted molar refractivity (Wildman–Crippen MR) is 98.5 cm³/mol. The minimum absolute atomic E-state index is 0.0299. The molecule has 2 aromatic heterocycles. The number of benzene rings is 2. The number of sulfonamides is 1. The van der Waals surface area contributed by atoms with Crippen LogP contribution in [0.25, 0.3) is 26.6 Å². The van der Waals surface area contributed by atoms with E-state index < -0.39 is 27.7 Å². The highest BCUT2D eigenvalue weighted by molar-refractivity contribution is 7.89. The first-order chi connectivity index (χ1) is 13.5. The number of fused-ring (bicyclic) bond motifs is 1. The van der Waals surface area contributed by atoms with Crippen LogP contribution in [0.5, 0.6) is 0 Å². The summed E-state index contributed by atoms with van der Waals surface area (Å²) >= 11 is 1.01. The summed E-state index contributed by atoms with van der Waals surface area (Å²) in [6.45, 7) is 0. The SMILES string of the molecule is NS(=O)(=O)c1ccc(-n2nc(C(F)(F)F)cc2-c2nc3ccc(F)cc3s2)cc1. The van der Waals surface area contributed by atoms with E-state index in [0.717, 1.165) is 34.2 Å². The third-order valence-electron chi connectivity index (χ3n) is 3.98. The molecule has 0 unspecified atom stereocenters. The molecule has 2 aromatic carbocycles. The van der Waals surface area contributed by atoms with Crippen LogP contribution in [-0.2, 0) is 16.2 Å². The van der Waals surface area contributed by atoms with Gasteiger partial charge in [0.2, 0.25) is 10.0 Å². The Balaban J connectivity index is 1.90. The standard InChI is InChI=1S/C17H10F4N4O2S2/c18-9-1-6-12-14(7-9)28-16(23-12)13-8-15(17(19,20)21)24-25(13)10-2-4-11(5-3-10)29(22,26)27/h1-8H,(H2,22,26,27). The molecule has 0 bridgehead atoms. The molecule has 2 heterocycles. The van der Waals surface area contributed by atoms with Crippen molar-refractivity contribution in [2.24, 2.45) is 5.14 Å². The number of thiazole rings is 1. The highest BCUT2D eigenvalue weighted by atomic mass is 32.2. The molecule has 6 nitrogen and oxygen atoms in total. The lowest BCUT2D eigenvalue weighted by Gasteiger charge is -2.06. The number of aromatic nitrogens is 3. The number of alkyl halides is 3. The van der Waals surface area contributed by atoms with Crippen molar-refractivity contribution >= 4 is 31.6 Å². The smallest absolute Gasteiger partial charge is 0.234 e. The summed E-state index contributed by atoms with van der Waals surface area (Å²) in [5.41, 5.74) is -0.513. The van der Waals surface area contributed by atoms with E-state index >= 15 is 0 Å². The first-order valence-corrected chi connectivity index (χ1v) is 10.3. The number of nitrogens with zero attached hydrogens (tertiary/aromatic N) is 3. The summed E-state index contributed by atoms with van der Waals surface area (Å²) in [6.07, 6.45) is -4.71. The van der Waals surface area contributed by atoms with Crippen molar-refractivity contribution in [2.45, 2.75) is 11.1 Å². The third-order valence-corrected chi connectivity index (χ3v) is 5.95. The van der Waals surface area contributed by atoms with Gasteiger partial charge in [-0.1, -0.05) is 0 Å². The molecule has 0 fully saturated rings. The number of rotatable bonds is 3. The molecule has 0 aliphatic heterocycles. The van der Waals surface area contributed by atoms with Crippen molar-refractivity contribution in [1.29, 1.82) is 0 Å². The van der Waals surface area contributed by atoms with Gasteiger partial charge in [-0.25, -0.2) is 27.6 Å². The number of hydrogen-bond donors (Lipinski definition) is 1. The monoisotopic (exact) mass is 442 g/mol. The number of halogens is 4. The highest BCUT2D eigenvalue weighted by Crippen LogP contribution is 2.36. The van der Waals surface area contributed by atoms with Gasteiger partial charge in [0.05, 0.1) is 20.8 Å². The van der Waals surface area contributed by atoms with Crippen molar-refractivity contribution in [3.05, 3.63) is 60.0 Å². The fourth-order valence-electron chi connectivity index (χ4n) is 2.65. The second-order valence-corrected chi connectivity index (χ2v) is 8.59. The van der Waals surface area contributed by atoms with Gasteiger partial charge in [-0.15, -0.1) is 11.3 Å². The lowest BCUT2D eigenvalue weighted by Crippen LogP contribution is -2.12. The van der Waals surface area contributed by atoms with E-state index in [0.29, 0.717) is 10.2 Å². The normalized spacial score (nSPS) is 12.6. The van der Waals surface area contributed by atoms with E-state index in [1.807, 2.05) is 0 Å². The zero-order valence-electron chi connectivity index (χ0n) is 14.2. The molecule has 0 radical (unpaired) electrons. The molecule has 0 aliphatic rings. The molecule has 0 saturated heterocycles. The summed E-state index contributed by atoms with van der Waals surface area (Å²) in [6, 6.07) is 9.60. The van der Waals surface area contributed by atoms with Gasteiger partial charge in [0, 0.05) is 0 Å². The maximum Gasteiger partial charge on any atom is 0.435 e. The van der Waals surface area contributed by atoms with Crippen LogP contribution in [0.15, 0.2) is 53.4 Å². The van der Waals surface area contributed by atoms with Gasteiger partial charge < -0.3 is 0 Å². The van der Waals surface area contributed by atoms with Crippen LogP contribution in [0.4, 0.5) is 17.6 Å². The van der Waals surface area contributed by atoms with E-state index in [2.05, 4.69) is 10.1 Å². The van der Waals surface area contributed by atoms with E-state index in [9.17, 15) is 26.0 Å². The molecule has 0 amide bonds. The summed E-state index contributed by atoms with van der Waals surface area (Å²) < 4.78 is 77.5. The van der Waals surface area contributed by atoms with Crippen molar-refractivity contribution < 1.29 is 26.0 Å². The summed E-state index contributed by atoms with van der Waals surface area (Å²) in [5, 5.41) is 8.85. The van der Waals surface area contributed by atoms with Crippen molar-refractivity contribution in [3.63, 3.8) is 0 Å². The largest absolute Gasteiger partial charge is 0.435 e. The van der Waals surface area contributed by atoms with Crippen LogP contribution in [0, 0.1) is 5.82 Å². The molecule has 0 saturated carbocycles. The Bertz CT molecular complexity index is 1330. The third kappa shape index (κ3) is 3.73. The second kappa shape index (κ2) is 6.61. The quantitative estimate of drug-likeness (QED) is 0.487. The molecule has 2 N–H and O–H groups in total. The average molecular weight is 442 g/mol. The fraction of sp³-hybridized carbons (Fsp3) is 0.0588. The van der Waals surface area contributed by atoms with Gasteiger partial charge in [-0.2, -0.15) is 18.3 Å². The highest BCUT2D eigenvalue weighted by Gasteiger charge is 2.35. The lowest BCUT2D eigenvalue weighted by molar-refractivity contribution is -0.141. The molecular weight excluding hydrogens is 432 g/mol. The van der Waals surface area contributed by atoms with Gasteiger partial charge in [-0.3, -0.25) is 0 Å². The van der Waals surface area contributed by atoms with Crippen molar-refractivity contribution in [1.82, 2.24) is 14.8 Å². The van der Waals surface area contributed by atoms with E-state index in [1.165, 1.54) is 30.3 Å². The maximum absolute atomic E-state index is 13.4. The van der Waals surface area contributed by atoms with E-state index in [4.69, 9.17) is 5.14 Å². The number of primary sulfonamides is 1. The number of hydrogen-bond acceptors (Lipinski definition) is 5. The Hall–Kier alpha value is -2.83. The maximum atomic E-state index is 13.4. The predicted octanol–water partition coefficient (Wildman–Crippen LogP) is 3.95. The van der Waals surface area contributed by atoms with E-state index in [1.54, 1.807) is 0 Å². The molecular formula is C17H10F4N4O2S2. The van der Waals surface area contributed by atoms with Crippen molar-refractivity contribution in [2.75, 3.05) is 0 Å². The van der Waals surface area contributed by atoms with Crippen LogP contribution < -0.4 is 5.14 Å². The second-order valence-electron chi connectivity index (χ2n) is 5.99. The van der Waals surface area contributed by atoms with Crippen LogP contribution in [0.2, 0.25) is 0 Å². The molecule has 150 valence electrons. The molecule has 0 atom stereocenters. The summed E-state index contributed by atoms with van der Waals surface area (Å²) in [7, 11) is -3.96. The van der Waals surface area contributed by atoms with E-state index in [-0.39, 0.29) is 21.3 Å². The number of nitrogens with two attached hydrogens (primary N) is 1. The Morgan fingerprint density at radius 3 is 2.34 bits per heavy atom. The molecule has 4 rings (SSSR count). The minimum atomic E-state index is -4.71.